The van der Waals surface area contributed by atoms with Crippen LogP contribution in [0.5, 0.6) is 6.01 Å². The van der Waals surface area contributed by atoms with Crippen molar-refractivity contribution in [2.75, 3.05) is 17.7 Å². The molecule has 0 saturated carbocycles. The summed E-state index contributed by atoms with van der Waals surface area (Å²) in [5.74, 6) is 0.541. The normalized spacial score (nSPS) is 14.2. The van der Waals surface area contributed by atoms with Crippen molar-refractivity contribution < 1.29 is 8.85 Å². The van der Waals surface area contributed by atoms with E-state index in [0.29, 0.717) is 0 Å². The number of nitrogens with one attached hydrogen (secondary N) is 2. The summed E-state index contributed by atoms with van der Waals surface area (Å²) >= 11 is 0. The van der Waals surface area contributed by atoms with Crippen LogP contribution >= 0.6 is 0 Å². The molecule has 0 radical (unpaired) electrons. The Kier molecular flexibility index (Phi) is 2.93. The largest absolute Gasteiger partial charge is 0.467 e. The van der Waals surface area contributed by atoms with Crippen LogP contribution in [0.25, 0.3) is 0 Å². The van der Waals surface area contributed by atoms with Gasteiger partial charge in [-0.25, -0.2) is 0 Å². The Morgan fingerprint density at radius 1 is 1.00 bits per heavy atom. The highest BCUT2D eigenvalue weighted by molar-refractivity contribution is 5.36. The molecule has 1 heterocycles. The summed E-state index contributed by atoms with van der Waals surface area (Å²) in [7, 11) is -2.59. The Hall–Kier alpha value is -1.59. The van der Waals surface area contributed by atoms with Crippen molar-refractivity contribution in [3.8, 4) is 6.01 Å². The van der Waals surface area contributed by atoms with Crippen molar-refractivity contribution in [3.05, 3.63) is 0 Å². The van der Waals surface area contributed by atoms with E-state index in [0.717, 1.165) is 0 Å². The molecule has 1 rings (SSSR count). The first-order chi connectivity index (χ1) is 8.65. The molecule has 16 heavy (non-hydrogen) atoms. The Morgan fingerprint density at radius 2 is 1.50 bits per heavy atom. The second-order valence-corrected chi connectivity index (χ2v) is 3.97. The third-order valence-electron chi connectivity index (χ3n) is 1.54. The molecule has 0 amide bonds. The van der Waals surface area contributed by atoms with Gasteiger partial charge in [-0.15, -0.1) is 0 Å². The lowest BCUT2D eigenvalue weighted by Gasteiger charge is -2.12. The number of anilines is 2. The second-order valence-electron chi connectivity index (χ2n) is 3.97. The van der Waals surface area contributed by atoms with Crippen LogP contribution in [0.1, 0.15) is 31.8 Å². The van der Waals surface area contributed by atoms with Crippen LogP contribution in [-0.2, 0) is 0 Å². The molecule has 0 aromatic carbocycles. The van der Waals surface area contributed by atoms with E-state index in [1.54, 1.807) is 0 Å². The zero-order valence-corrected chi connectivity index (χ0v) is 9.90. The summed E-state index contributed by atoms with van der Waals surface area (Å²) in [5, 5.41) is 5.96. The van der Waals surface area contributed by atoms with Crippen molar-refractivity contribution in [2.45, 2.75) is 39.8 Å². The SMILES string of the molecule is [2H]C([2H])([2H])Oc1nc(NC(C)C)nc(NC(C)C)n1. The first-order valence-corrected chi connectivity index (χ1v) is 5.14. The highest BCUT2D eigenvalue weighted by atomic mass is 16.5. The number of aromatic nitrogens is 3. The Labute approximate surface area is 100 Å². The van der Waals surface area contributed by atoms with E-state index < -0.39 is 7.04 Å². The smallest absolute Gasteiger partial charge is 0.322 e. The molecule has 0 aliphatic rings. The zero-order chi connectivity index (χ0) is 14.6. The molecule has 0 spiro atoms. The molecule has 1 aromatic heterocycles. The van der Waals surface area contributed by atoms with E-state index in [-0.39, 0.29) is 30.0 Å². The maximum Gasteiger partial charge on any atom is 0.322 e. The van der Waals surface area contributed by atoms with Crippen LogP contribution in [0.2, 0.25) is 0 Å². The van der Waals surface area contributed by atoms with Crippen LogP contribution in [0, 0.1) is 0 Å². The van der Waals surface area contributed by atoms with Gasteiger partial charge in [0.2, 0.25) is 11.9 Å². The van der Waals surface area contributed by atoms with Crippen LogP contribution in [0.4, 0.5) is 11.9 Å². The monoisotopic (exact) mass is 228 g/mol. The number of nitrogens with zero attached hydrogens (tertiary/aromatic N) is 3. The molecular weight excluding hydrogens is 206 g/mol. The van der Waals surface area contributed by atoms with Crippen molar-refractivity contribution in [3.63, 3.8) is 0 Å². The molecule has 0 atom stereocenters. The molecular formula is C10H19N5O. The van der Waals surface area contributed by atoms with E-state index >= 15 is 0 Å². The number of hydrogen-bond acceptors (Lipinski definition) is 6. The lowest BCUT2D eigenvalue weighted by molar-refractivity contribution is 0.379. The van der Waals surface area contributed by atoms with Gasteiger partial charge in [-0.3, -0.25) is 0 Å². The van der Waals surface area contributed by atoms with Crippen LogP contribution in [-0.4, -0.2) is 34.1 Å². The summed E-state index contributed by atoms with van der Waals surface area (Å²) in [6.45, 7) is 7.68. The van der Waals surface area contributed by atoms with Crippen LogP contribution in [0.3, 0.4) is 0 Å². The Morgan fingerprint density at radius 3 is 1.88 bits per heavy atom. The van der Waals surface area contributed by atoms with E-state index in [4.69, 9.17) is 8.85 Å². The predicted octanol–water partition coefficient (Wildman–Crippen LogP) is 1.52. The number of hydrogen-bond donors (Lipinski definition) is 2. The van der Waals surface area contributed by atoms with Crippen LogP contribution in [0.15, 0.2) is 0 Å². The van der Waals surface area contributed by atoms with Gasteiger partial charge in [-0.05, 0) is 27.7 Å². The molecule has 0 unspecified atom stereocenters. The molecule has 0 aliphatic carbocycles. The predicted molar refractivity (Wildman–Crippen MR) is 63.9 cm³/mol. The summed E-state index contributed by atoms with van der Waals surface area (Å²) in [6, 6.07) is -0.0221. The lowest BCUT2D eigenvalue weighted by atomic mass is 10.4. The molecule has 6 nitrogen and oxygen atoms in total. The maximum absolute atomic E-state index is 7.06. The minimum absolute atomic E-state index is 0.106. The number of methoxy groups -OCH3 is 1. The van der Waals surface area contributed by atoms with Gasteiger partial charge < -0.3 is 15.4 Å². The highest BCUT2D eigenvalue weighted by Crippen LogP contribution is 2.12. The lowest BCUT2D eigenvalue weighted by Crippen LogP contribution is -2.17. The first-order valence-electron chi connectivity index (χ1n) is 6.64. The first kappa shape index (κ1) is 8.55. The minimum Gasteiger partial charge on any atom is -0.467 e. The molecule has 6 heteroatoms. The van der Waals surface area contributed by atoms with E-state index in [2.05, 4.69) is 25.6 Å². The molecule has 0 fully saturated rings. The van der Waals surface area contributed by atoms with Gasteiger partial charge in [0.05, 0.1) is 11.2 Å². The van der Waals surface area contributed by atoms with E-state index in [1.807, 2.05) is 27.7 Å². The molecule has 90 valence electrons. The summed E-state index contributed by atoms with van der Waals surface area (Å²) < 4.78 is 25.9. The minimum atomic E-state index is -2.59. The molecule has 0 bridgehead atoms. The Bertz CT molecular complexity index is 394. The summed E-state index contributed by atoms with van der Waals surface area (Å²) in [4.78, 5) is 12.0. The maximum atomic E-state index is 7.06. The Balaban J connectivity index is 3.01. The fourth-order valence-electron chi connectivity index (χ4n) is 1.05. The van der Waals surface area contributed by atoms with E-state index in [9.17, 15) is 0 Å². The fraction of sp³-hybridized carbons (Fsp3) is 0.700. The van der Waals surface area contributed by atoms with Gasteiger partial charge in [0, 0.05) is 12.1 Å². The molecule has 2 N–H and O–H groups in total. The standard InChI is InChI=1S/C10H19N5O/c1-6(2)11-8-13-9(12-7(3)4)15-10(14-8)16-5/h6-7H,1-5H3,(H2,11,12,13,14,15)/i5D3. The number of ether oxygens (including phenoxy) is 1. The van der Waals surface area contributed by atoms with Gasteiger partial charge in [-0.2, -0.15) is 15.0 Å². The zero-order valence-electron chi connectivity index (χ0n) is 12.9. The van der Waals surface area contributed by atoms with Gasteiger partial charge in [0.1, 0.15) is 0 Å². The summed E-state index contributed by atoms with van der Waals surface area (Å²) in [5.41, 5.74) is 0. The van der Waals surface area contributed by atoms with E-state index in [1.165, 1.54) is 0 Å². The van der Waals surface area contributed by atoms with Gasteiger partial charge in [0.25, 0.3) is 0 Å². The van der Waals surface area contributed by atoms with Gasteiger partial charge in [-0.1, -0.05) is 0 Å². The summed E-state index contributed by atoms with van der Waals surface area (Å²) in [6.07, 6.45) is 0. The van der Waals surface area contributed by atoms with Gasteiger partial charge >= 0.3 is 6.01 Å². The quantitative estimate of drug-likeness (QED) is 0.796. The van der Waals surface area contributed by atoms with Crippen LogP contribution < -0.4 is 15.4 Å². The third-order valence-corrected chi connectivity index (χ3v) is 1.54. The highest BCUT2D eigenvalue weighted by Gasteiger charge is 2.08. The van der Waals surface area contributed by atoms with Crippen molar-refractivity contribution in [1.82, 2.24) is 15.0 Å². The molecule has 1 aromatic rings. The van der Waals surface area contributed by atoms with Crippen molar-refractivity contribution >= 4 is 11.9 Å². The molecule has 0 aliphatic heterocycles. The molecule has 0 saturated heterocycles. The third kappa shape index (κ3) is 3.88. The van der Waals surface area contributed by atoms with Crippen molar-refractivity contribution in [1.29, 1.82) is 0 Å². The average molecular weight is 228 g/mol. The average Bonchev–Trinajstić information content (AvgIpc) is 2.10. The fourth-order valence-corrected chi connectivity index (χ4v) is 1.05. The second kappa shape index (κ2) is 5.48. The van der Waals surface area contributed by atoms with Gasteiger partial charge in [0.15, 0.2) is 0 Å². The topological polar surface area (TPSA) is 72.0 Å². The number of rotatable bonds is 5. The van der Waals surface area contributed by atoms with Crippen molar-refractivity contribution in [2.24, 2.45) is 0 Å².